The van der Waals surface area contributed by atoms with Gasteiger partial charge in [-0.15, -0.1) is 0 Å². The summed E-state index contributed by atoms with van der Waals surface area (Å²) in [5, 5.41) is 0. The van der Waals surface area contributed by atoms with E-state index in [2.05, 4.69) is 34.6 Å². The summed E-state index contributed by atoms with van der Waals surface area (Å²) < 4.78 is 6.26. The zero-order valence-corrected chi connectivity index (χ0v) is 16.3. The lowest BCUT2D eigenvalue weighted by atomic mass is 9.64. The van der Waals surface area contributed by atoms with Gasteiger partial charge < -0.3 is 4.74 Å². The van der Waals surface area contributed by atoms with Crippen LogP contribution in [0.15, 0.2) is 0 Å². The van der Waals surface area contributed by atoms with Crippen LogP contribution in [-0.4, -0.2) is 11.6 Å². The molecule has 3 aliphatic carbocycles. The van der Waals surface area contributed by atoms with E-state index in [0.29, 0.717) is 11.3 Å². The first-order chi connectivity index (χ1) is 10.5. The summed E-state index contributed by atoms with van der Waals surface area (Å²) in [6.07, 6.45) is 7.15. The summed E-state index contributed by atoms with van der Waals surface area (Å²) in [5.41, 5.74) is 0.166. The smallest absolute Gasteiger partial charge is 0.312 e. The highest BCUT2D eigenvalue weighted by Crippen LogP contribution is 2.73. The number of rotatable bonds is 3. The standard InChI is InChI=1S/C21H36O2/c1-8-18(3,4)17(22)23-20(7)11-12-21-13-16(20)19(5,6)15(21)10-9-14(21)2/h14-16H,8-13H2,1-7H3/t14-,15?,16+,20-,21?/m1/s1. The lowest BCUT2D eigenvalue weighted by molar-refractivity contribution is -0.184. The van der Waals surface area contributed by atoms with Gasteiger partial charge in [0.05, 0.1) is 5.41 Å². The fourth-order valence-corrected chi connectivity index (χ4v) is 6.47. The fourth-order valence-electron chi connectivity index (χ4n) is 6.47. The van der Waals surface area contributed by atoms with Crippen molar-refractivity contribution in [2.75, 3.05) is 0 Å². The third-order valence-corrected chi connectivity index (χ3v) is 8.53. The molecule has 2 bridgehead atoms. The molecular weight excluding hydrogens is 284 g/mol. The zero-order chi connectivity index (χ0) is 17.3. The van der Waals surface area contributed by atoms with Crippen molar-refractivity contribution in [3.05, 3.63) is 0 Å². The van der Waals surface area contributed by atoms with Crippen molar-refractivity contribution in [1.29, 1.82) is 0 Å². The van der Waals surface area contributed by atoms with Crippen LogP contribution < -0.4 is 0 Å². The first kappa shape index (κ1) is 17.3. The Kier molecular flexibility index (Phi) is 3.75. The van der Waals surface area contributed by atoms with Gasteiger partial charge in [-0.2, -0.15) is 0 Å². The Morgan fingerprint density at radius 3 is 2.39 bits per heavy atom. The second-order valence-electron chi connectivity index (χ2n) is 10.3. The van der Waals surface area contributed by atoms with Gasteiger partial charge >= 0.3 is 5.97 Å². The fraction of sp³-hybridized carbons (Fsp3) is 0.952. The average molecular weight is 321 g/mol. The largest absolute Gasteiger partial charge is 0.459 e. The number of hydrogen-bond acceptors (Lipinski definition) is 2. The molecule has 0 amide bonds. The van der Waals surface area contributed by atoms with E-state index in [0.717, 1.165) is 24.7 Å². The van der Waals surface area contributed by atoms with Gasteiger partial charge in [-0.3, -0.25) is 4.79 Å². The molecule has 0 N–H and O–H groups in total. The monoisotopic (exact) mass is 320 g/mol. The molecule has 3 fully saturated rings. The van der Waals surface area contributed by atoms with Crippen LogP contribution in [0.3, 0.4) is 0 Å². The summed E-state index contributed by atoms with van der Waals surface area (Å²) in [6, 6.07) is 0. The minimum atomic E-state index is -0.371. The van der Waals surface area contributed by atoms with E-state index in [9.17, 15) is 4.79 Å². The van der Waals surface area contributed by atoms with Gasteiger partial charge in [0.25, 0.3) is 0 Å². The van der Waals surface area contributed by atoms with Gasteiger partial charge in [0.2, 0.25) is 0 Å². The van der Waals surface area contributed by atoms with Gasteiger partial charge in [-0.1, -0.05) is 27.7 Å². The van der Waals surface area contributed by atoms with Crippen LogP contribution in [0, 0.1) is 34.0 Å². The highest BCUT2D eigenvalue weighted by molar-refractivity contribution is 5.76. The molecule has 0 aliphatic heterocycles. The lowest BCUT2D eigenvalue weighted by Crippen LogP contribution is -2.49. The molecule has 3 rings (SSSR count). The van der Waals surface area contributed by atoms with Crippen LogP contribution in [0.2, 0.25) is 0 Å². The Hall–Kier alpha value is -0.530. The number of ether oxygens (including phenoxy) is 1. The van der Waals surface area contributed by atoms with E-state index >= 15 is 0 Å². The molecule has 3 aliphatic rings. The minimum absolute atomic E-state index is 0.000595. The third kappa shape index (κ3) is 2.23. The molecule has 2 nitrogen and oxygen atoms in total. The number of esters is 1. The van der Waals surface area contributed by atoms with E-state index in [1.165, 1.54) is 25.7 Å². The maximum absolute atomic E-state index is 12.7. The predicted molar refractivity (Wildman–Crippen MR) is 94.0 cm³/mol. The summed E-state index contributed by atoms with van der Waals surface area (Å²) in [5.74, 6) is 2.16. The van der Waals surface area contributed by atoms with Crippen molar-refractivity contribution >= 4 is 5.97 Å². The van der Waals surface area contributed by atoms with Gasteiger partial charge in [-0.25, -0.2) is 0 Å². The molecule has 5 atom stereocenters. The second kappa shape index (κ2) is 4.99. The minimum Gasteiger partial charge on any atom is -0.459 e. The van der Waals surface area contributed by atoms with Crippen LogP contribution in [0.5, 0.6) is 0 Å². The molecule has 3 saturated carbocycles. The highest BCUT2D eigenvalue weighted by atomic mass is 16.6. The van der Waals surface area contributed by atoms with Gasteiger partial charge in [0.15, 0.2) is 0 Å². The first-order valence-electron chi connectivity index (χ1n) is 9.73. The van der Waals surface area contributed by atoms with Crippen LogP contribution in [-0.2, 0) is 9.53 Å². The number of hydrogen-bond donors (Lipinski definition) is 0. The maximum atomic E-state index is 12.7. The Bertz CT molecular complexity index is 506. The number of carbonyl (C=O) groups excluding carboxylic acids is 1. The van der Waals surface area contributed by atoms with Crippen LogP contribution in [0.1, 0.15) is 87.0 Å². The summed E-state index contributed by atoms with van der Waals surface area (Å²) in [6.45, 7) is 15.7. The molecule has 2 heteroatoms. The molecular formula is C21H36O2. The third-order valence-electron chi connectivity index (χ3n) is 8.53. The van der Waals surface area contributed by atoms with Crippen LogP contribution >= 0.6 is 0 Å². The van der Waals surface area contributed by atoms with Gasteiger partial charge in [0.1, 0.15) is 5.60 Å². The van der Waals surface area contributed by atoms with Crippen molar-refractivity contribution in [2.45, 2.75) is 92.6 Å². The van der Waals surface area contributed by atoms with Crippen molar-refractivity contribution in [1.82, 2.24) is 0 Å². The van der Waals surface area contributed by atoms with Crippen molar-refractivity contribution in [2.24, 2.45) is 34.0 Å². The molecule has 1 spiro atoms. The maximum Gasteiger partial charge on any atom is 0.312 e. The molecule has 0 saturated heterocycles. The Balaban J connectivity index is 1.89. The Morgan fingerprint density at radius 2 is 1.78 bits per heavy atom. The van der Waals surface area contributed by atoms with E-state index in [1.807, 2.05) is 13.8 Å². The topological polar surface area (TPSA) is 26.3 Å². The Labute approximate surface area is 142 Å². The molecule has 0 aromatic heterocycles. The van der Waals surface area contributed by atoms with Crippen molar-refractivity contribution < 1.29 is 9.53 Å². The van der Waals surface area contributed by atoms with E-state index in [1.54, 1.807) is 0 Å². The quantitative estimate of drug-likeness (QED) is 0.633. The predicted octanol–water partition coefficient (Wildman–Crippen LogP) is 5.60. The number of carbonyl (C=O) groups is 1. The SMILES string of the molecule is CCC(C)(C)C(=O)O[C@]1(C)CCC23C[C@H]1C(C)(C)C2CC[C@H]3C. The first-order valence-corrected chi connectivity index (χ1v) is 9.73. The van der Waals surface area contributed by atoms with Gasteiger partial charge in [0, 0.05) is 5.92 Å². The highest BCUT2D eigenvalue weighted by Gasteiger charge is 2.69. The van der Waals surface area contributed by atoms with E-state index in [-0.39, 0.29) is 22.4 Å². The summed E-state index contributed by atoms with van der Waals surface area (Å²) in [4.78, 5) is 12.7. The van der Waals surface area contributed by atoms with Crippen LogP contribution in [0.4, 0.5) is 0 Å². The van der Waals surface area contributed by atoms with Crippen molar-refractivity contribution in [3.63, 3.8) is 0 Å². The van der Waals surface area contributed by atoms with E-state index < -0.39 is 0 Å². The lowest BCUT2D eigenvalue weighted by Gasteiger charge is -2.47. The summed E-state index contributed by atoms with van der Waals surface area (Å²) >= 11 is 0. The molecule has 0 radical (unpaired) electrons. The van der Waals surface area contributed by atoms with Crippen molar-refractivity contribution in [3.8, 4) is 0 Å². The molecule has 0 heterocycles. The van der Waals surface area contributed by atoms with E-state index in [4.69, 9.17) is 4.74 Å². The molecule has 0 aromatic carbocycles. The molecule has 132 valence electrons. The normalized spacial score (nSPS) is 44.9. The average Bonchev–Trinajstić information content (AvgIpc) is 2.89. The second-order valence-corrected chi connectivity index (χ2v) is 10.3. The molecule has 2 unspecified atom stereocenters. The molecule has 0 aromatic rings. The Morgan fingerprint density at radius 1 is 1.13 bits per heavy atom. The van der Waals surface area contributed by atoms with Gasteiger partial charge in [-0.05, 0) is 82.0 Å². The van der Waals surface area contributed by atoms with Crippen LogP contribution in [0.25, 0.3) is 0 Å². The molecule has 23 heavy (non-hydrogen) atoms. The zero-order valence-electron chi connectivity index (χ0n) is 16.3. The summed E-state index contributed by atoms with van der Waals surface area (Å²) in [7, 11) is 0. The number of fused-ring (bicyclic) bond motifs is 1.